The molecule has 2 aromatic heterocycles. The molecule has 0 saturated heterocycles. The number of fused-ring (bicyclic) bond motifs is 6. The first-order valence-electron chi connectivity index (χ1n) is 20.3. The second kappa shape index (κ2) is 13.1. The smallest absolute Gasteiger partial charge is 0.126 e. The summed E-state index contributed by atoms with van der Waals surface area (Å²) < 4.78 is 34.6. The minimum atomic E-state index is -0.662. The minimum Gasteiger partial charge on any atom is -0.308 e. The average molecular weight is 770 g/mol. The number of hydrogen-bond donors (Lipinski definition) is 0. The van der Waals surface area contributed by atoms with Gasteiger partial charge in [-0.1, -0.05) is 119 Å². The monoisotopic (exact) mass is 769 g/mol. The van der Waals surface area contributed by atoms with Crippen LogP contribution in [0.4, 0.5) is 8.78 Å². The highest BCUT2D eigenvalue weighted by atomic mass is 19.1. The summed E-state index contributed by atoms with van der Waals surface area (Å²) in [7, 11) is 0. The van der Waals surface area contributed by atoms with Crippen LogP contribution >= 0.6 is 0 Å². The second-order valence-corrected chi connectivity index (χ2v) is 20.3. The van der Waals surface area contributed by atoms with Gasteiger partial charge in [0.2, 0.25) is 0 Å². The van der Waals surface area contributed by atoms with Crippen LogP contribution in [0.25, 0.3) is 66.1 Å². The third-order valence-corrected chi connectivity index (χ3v) is 11.9. The molecular weight excluding hydrogens is 717 g/mol. The summed E-state index contributed by atoms with van der Waals surface area (Å²) in [4.78, 5) is 0. The Morgan fingerprint density at radius 3 is 1.10 bits per heavy atom. The fourth-order valence-electron chi connectivity index (χ4n) is 8.39. The predicted octanol–water partition coefficient (Wildman–Crippen LogP) is 14.9. The van der Waals surface area contributed by atoms with E-state index >= 15 is 8.78 Å². The van der Waals surface area contributed by atoms with Crippen molar-refractivity contribution in [1.82, 2.24) is 9.13 Å². The van der Waals surface area contributed by atoms with Crippen molar-refractivity contribution in [2.75, 3.05) is 0 Å². The van der Waals surface area contributed by atoms with Gasteiger partial charge in [0, 0.05) is 27.6 Å². The molecule has 8 aromatic rings. The summed E-state index contributed by atoms with van der Waals surface area (Å²) in [5, 5.41) is 15.8. The van der Waals surface area contributed by atoms with Crippen LogP contribution in [0.15, 0.2) is 103 Å². The molecule has 0 aliphatic rings. The lowest BCUT2D eigenvalue weighted by Gasteiger charge is -2.22. The Bertz CT molecular complexity index is 2820. The van der Waals surface area contributed by atoms with Crippen LogP contribution in [0.5, 0.6) is 0 Å². The lowest BCUT2D eigenvalue weighted by atomic mass is 9.85. The van der Waals surface area contributed by atoms with Crippen molar-refractivity contribution in [1.29, 1.82) is 5.26 Å². The molecule has 0 unspecified atom stereocenters. The molecule has 0 spiro atoms. The van der Waals surface area contributed by atoms with Gasteiger partial charge in [-0.3, -0.25) is 0 Å². The Morgan fingerprint density at radius 1 is 0.397 bits per heavy atom. The van der Waals surface area contributed by atoms with E-state index in [4.69, 9.17) is 0 Å². The summed E-state index contributed by atoms with van der Waals surface area (Å²) in [6, 6.07) is 36.7. The molecule has 0 fully saturated rings. The highest BCUT2D eigenvalue weighted by Crippen LogP contribution is 2.43. The molecule has 0 amide bonds. The van der Waals surface area contributed by atoms with Crippen molar-refractivity contribution < 1.29 is 8.78 Å². The lowest BCUT2D eigenvalue weighted by Crippen LogP contribution is -2.12. The Morgan fingerprint density at radius 2 is 0.741 bits per heavy atom. The van der Waals surface area contributed by atoms with Crippen molar-refractivity contribution in [2.24, 2.45) is 0 Å². The standard InChI is InChI=1S/C53H53F2N3/c1-50(2,3)33-15-19-44-41(25-33)39-17-13-35(52(7,8)9)27-48(39)57(44)46-23-32(31-21-37(54)29-38(55)22-31)24-47(43(46)30-56)58-45-20-16-34(51(4,5)6)26-42(45)40-18-14-36(28-49(40)58)53(10,11)12/h13-29H,1-12H3. The van der Waals surface area contributed by atoms with E-state index in [0.717, 1.165) is 60.8 Å². The van der Waals surface area contributed by atoms with E-state index < -0.39 is 11.6 Å². The second-order valence-electron chi connectivity index (χ2n) is 20.3. The summed E-state index contributed by atoms with van der Waals surface area (Å²) in [5.74, 6) is -1.32. The number of halogens is 2. The van der Waals surface area contributed by atoms with E-state index in [2.05, 4.69) is 171 Å². The van der Waals surface area contributed by atoms with Crippen LogP contribution in [-0.4, -0.2) is 9.13 Å². The van der Waals surface area contributed by atoms with E-state index in [-0.39, 0.29) is 21.7 Å². The molecule has 5 heteroatoms. The van der Waals surface area contributed by atoms with Crippen LogP contribution in [0.1, 0.15) is 111 Å². The highest BCUT2D eigenvalue weighted by molar-refractivity contribution is 6.12. The molecule has 6 aromatic carbocycles. The number of nitriles is 1. The van der Waals surface area contributed by atoms with Gasteiger partial charge in [-0.25, -0.2) is 8.78 Å². The molecule has 2 heterocycles. The molecule has 3 nitrogen and oxygen atoms in total. The van der Waals surface area contributed by atoms with Gasteiger partial charge in [0.25, 0.3) is 0 Å². The van der Waals surface area contributed by atoms with E-state index in [1.165, 1.54) is 23.3 Å². The predicted molar refractivity (Wildman–Crippen MR) is 240 cm³/mol. The van der Waals surface area contributed by atoms with E-state index in [9.17, 15) is 5.26 Å². The molecule has 0 radical (unpaired) electrons. The SMILES string of the molecule is CC(C)(C)c1ccc2c(c1)c1ccc(C(C)(C)C)cc1n2-c1cc(-c2cc(F)cc(F)c2)cc(-n2c3ccc(C(C)(C)C)cc3c3ccc(C(C)(C)C)cc32)c1C#N. The third-order valence-electron chi connectivity index (χ3n) is 11.9. The molecule has 0 bridgehead atoms. The maximum Gasteiger partial charge on any atom is 0.126 e. The number of benzene rings is 6. The molecular formula is C53H53F2N3. The summed E-state index contributed by atoms with van der Waals surface area (Å²) in [6.07, 6.45) is 0. The first kappa shape index (κ1) is 39.1. The van der Waals surface area contributed by atoms with Crippen molar-refractivity contribution in [2.45, 2.75) is 105 Å². The van der Waals surface area contributed by atoms with Gasteiger partial charge in [0.1, 0.15) is 23.3 Å². The van der Waals surface area contributed by atoms with Crippen molar-refractivity contribution in [3.05, 3.63) is 143 Å². The van der Waals surface area contributed by atoms with Crippen molar-refractivity contribution >= 4 is 43.6 Å². The maximum atomic E-state index is 15.1. The van der Waals surface area contributed by atoms with Crippen LogP contribution < -0.4 is 0 Å². The summed E-state index contributed by atoms with van der Waals surface area (Å²) >= 11 is 0. The Hall–Kier alpha value is -5.73. The molecule has 0 N–H and O–H groups in total. The van der Waals surface area contributed by atoms with Crippen LogP contribution in [0, 0.1) is 23.0 Å². The number of aromatic nitrogens is 2. The Balaban J connectivity index is 1.58. The number of nitrogens with zero attached hydrogens (tertiary/aromatic N) is 3. The Labute approximate surface area is 341 Å². The third kappa shape index (κ3) is 6.57. The van der Waals surface area contributed by atoms with Crippen LogP contribution in [-0.2, 0) is 21.7 Å². The first-order valence-corrected chi connectivity index (χ1v) is 20.3. The van der Waals surface area contributed by atoms with Gasteiger partial charge in [-0.2, -0.15) is 5.26 Å². The molecule has 0 aliphatic heterocycles. The Kier molecular flexibility index (Phi) is 8.87. The fraction of sp³-hybridized carbons (Fsp3) is 0.302. The first-order chi connectivity index (χ1) is 27.0. The number of rotatable bonds is 3. The molecule has 8 rings (SSSR count). The average Bonchev–Trinajstić information content (AvgIpc) is 3.63. The molecule has 58 heavy (non-hydrogen) atoms. The van der Waals surface area contributed by atoms with Crippen LogP contribution in [0.3, 0.4) is 0 Å². The number of hydrogen-bond acceptors (Lipinski definition) is 1. The summed E-state index contributed by atoms with van der Waals surface area (Å²) in [5.41, 5.74) is 10.8. The van der Waals surface area contributed by atoms with Crippen LogP contribution in [0.2, 0.25) is 0 Å². The molecule has 0 atom stereocenters. The topological polar surface area (TPSA) is 33.6 Å². The molecule has 0 aliphatic carbocycles. The zero-order valence-corrected chi connectivity index (χ0v) is 35.9. The van der Waals surface area contributed by atoms with Gasteiger partial charge in [-0.15, -0.1) is 0 Å². The minimum absolute atomic E-state index is 0.0877. The molecule has 0 saturated carbocycles. The van der Waals surface area contributed by atoms with Gasteiger partial charge >= 0.3 is 0 Å². The largest absolute Gasteiger partial charge is 0.308 e. The van der Waals surface area contributed by atoms with Crippen molar-refractivity contribution in [3.63, 3.8) is 0 Å². The van der Waals surface area contributed by atoms with Gasteiger partial charge in [0.15, 0.2) is 0 Å². The van der Waals surface area contributed by atoms with Crippen molar-refractivity contribution in [3.8, 4) is 28.6 Å². The van der Waals surface area contributed by atoms with E-state index in [1.54, 1.807) is 0 Å². The normalized spacial score (nSPS) is 13.0. The quantitative estimate of drug-likeness (QED) is 0.176. The van der Waals surface area contributed by atoms with Gasteiger partial charge in [0.05, 0.1) is 33.4 Å². The summed E-state index contributed by atoms with van der Waals surface area (Å²) in [6.45, 7) is 26.5. The van der Waals surface area contributed by atoms with E-state index in [1.807, 2.05) is 12.1 Å². The van der Waals surface area contributed by atoms with E-state index in [0.29, 0.717) is 28.1 Å². The fourth-order valence-corrected chi connectivity index (χ4v) is 8.39. The molecule has 294 valence electrons. The lowest BCUT2D eigenvalue weighted by molar-refractivity contribution is 0.584. The van der Waals surface area contributed by atoms with Gasteiger partial charge < -0.3 is 9.13 Å². The van der Waals surface area contributed by atoms with Gasteiger partial charge in [-0.05, 0) is 116 Å². The highest BCUT2D eigenvalue weighted by Gasteiger charge is 2.27. The maximum absolute atomic E-state index is 15.1. The zero-order valence-electron chi connectivity index (χ0n) is 35.9. The zero-order chi connectivity index (χ0) is 41.9.